The molecule has 0 aliphatic heterocycles. The van der Waals surface area contributed by atoms with Crippen LogP contribution in [0, 0.1) is 23.3 Å². The number of ether oxygens (including phenoxy) is 5. The number of nitrogens with zero attached hydrogens (tertiary/aromatic N) is 4. The fourth-order valence-electron chi connectivity index (χ4n) is 5.97. The van der Waals surface area contributed by atoms with Crippen molar-refractivity contribution in [2.45, 2.75) is 0 Å². The van der Waals surface area contributed by atoms with Gasteiger partial charge in [-0.1, -0.05) is 12.1 Å². The van der Waals surface area contributed by atoms with Gasteiger partial charge in [0, 0.05) is 66.3 Å². The first-order valence-electron chi connectivity index (χ1n) is 20.0. The van der Waals surface area contributed by atoms with Crippen LogP contribution in [0.1, 0.15) is 0 Å². The van der Waals surface area contributed by atoms with E-state index in [9.17, 15) is 27.2 Å². The van der Waals surface area contributed by atoms with Crippen molar-refractivity contribution in [1.82, 2.24) is 19.9 Å². The molecule has 8 rings (SSSR count). The number of carbonyl (C=O) groups excluding carboxylic acids is 2. The molecule has 0 saturated heterocycles. The maximum Gasteiger partial charge on any atom is 0.323 e. The number of hydrogen-bond donors (Lipinski definition) is 5. The van der Waals surface area contributed by atoms with E-state index in [-0.39, 0.29) is 53.3 Å². The first-order chi connectivity index (χ1) is 32.5. The fourth-order valence-corrected chi connectivity index (χ4v) is 5.97. The van der Waals surface area contributed by atoms with Crippen LogP contribution in [0.2, 0.25) is 0 Å². The maximum absolute atomic E-state index is 14.2. The van der Waals surface area contributed by atoms with Gasteiger partial charge in [-0.05, 0) is 72.8 Å². The number of anilines is 4. The molecule has 5 N–H and O–H groups in total. The number of fused-ring (bicyclic) bond motifs is 2. The van der Waals surface area contributed by atoms with E-state index in [2.05, 4.69) is 41.2 Å². The van der Waals surface area contributed by atoms with Gasteiger partial charge >= 0.3 is 12.1 Å². The summed E-state index contributed by atoms with van der Waals surface area (Å²) in [5, 5.41) is 18.8. The van der Waals surface area contributed by atoms with Gasteiger partial charge in [0.2, 0.25) is 11.8 Å². The van der Waals surface area contributed by atoms with E-state index in [1.165, 1.54) is 67.0 Å². The number of hydrogen-bond acceptors (Lipinski definition) is 12. The number of amides is 4. The van der Waals surface area contributed by atoms with Gasteiger partial charge in [-0.2, -0.15) is 0 Å². The number of aliphatic hydroxyl groups excluding tert-OH is 1. The highest BCUT2D eigenvalue weighted by molar-refractivity contribution is 6.00. The second-order valence-electron chi connectivity index (χ2n) is 13.9. The van der Waals surface area contributed by atoms with Crippen LogP contribution in [0.5, 0.6) is 34.8 Å². The molecule has 342 valence electrons. The largest absolute Gasteiger partial charge is 0.474 e. The van der Waals surface area contributed by atoms with Crippen LogP contribution >= 0.6 is 0 Å². The molecule has 16 nitrogen and oxygen atoms in total. The number of rotatable bonds is 15. The summed E-state index contributed by atoms with van der Waals surface area (Å²) in [4.78, 5) is 41.6. The van der Waals surface area contributed by atoms with Gasteiger partial charge in [0.15, 0.2) is 0 Å². The third-order valence-corrected chi connectivity index (χ3v) is 8.76. The van der Waals surface area contributed by atoms with Crippen molar-refractivity contribution in [3.05, 3.63) is 157 Å². The predicted octanol–water partition coefficient (Wildman–Crippen LogP) is 10.1. The smallest absolute Gasteiger partial charge is 0.323 e. The van der Waals surface area contributed by atoms with Crippen molar-refractivity contribution in [3.8, 4) is 34.8 Å². The molecule has 0 atom stereocenters. The van der Waals surface area contributed by atoms with Crippen molar-refractivity contribution in [1.29, 1.82) is 0 Å². The average molecular weight is 919 g/mol. The van der Waals surface area contributed by atoms with Crippen LogP contribution in [-0.4, -0.2) is 70.6 Å². The lowest BCUT2D eigenvalue weighted by molar-refractivity contribution is 0.143. The molecule has 0 saturated carbocycles. The zero-order chi connectivity index (χ0) is 47.1. The zero-order valence-electron chi connectivity index (χ0n) is 35.1. The normalized spacial score (nSPS) is 10.7. The Hall–Kier alpha value is -8.62. The third kappa shape index (κ3) is 13.9. The monoisotopic (exact) mass is 918 g/mol. The summed E-state index contributed by atoms with van der Waals surface area (Å²) in [5.74, 6) is -0.625. The van der Waals surface area contributed by atoms with E-state index < -0.39 is 35.3 Å². The Bertz CT molecular complexity index is 3020. The molecular formula is C47H38F4N8O8. The molecule has 2 heterocycles. The molecule has 0 unspecified atom stereocenters. The Morgan fingerprint density at radius 3 is 1.39 bits per heavy atom. The summed E-state index contributed by atoms with van der Waals surface area (Å²) in [6.45, 7) is 0.680. The molecule has 8 aromatic rings. The maximum atomic E-state index is 14.2. The Kier molecular flexibility index (Phi) is 15.5. The van der Waals surface area contributed by atoms with Crippen molar-refractivity contribution in [2.75, 3.05) is 54.8 Å². The highest BCUT2D eigenvalue weighted by atomic mass is 19.1. The molecule has 0 aliphatic rings. The number of aromatic nitrogens is 4. The molecule has 0 fully saturated rings. The van der Waals surface area contributed by atoms with Gasteiger partial charge in [-0.15, -0.1) is 0 Å². The Labute approximate surface area is 378 Å². The first kappa shape index (κ1) is 46.4. The van der Waals surface area contributed by atoms with E-state index in [1.54, 1.807) is 43.5 Å². The fraction of sp³-hybridized carbons (Fsp3) is 0.106. The minimum atomic E-state index is -0.673. The lowest BCUT2D eigenvalue weighted by atomic mass is 10.2. The summed E-state index contributed by atoms with van der Waals surface area (Å²) >= 11 is 0. The van der Waals surface area contributed by atoms with Gasteiger partial charge in [0.05, 0.1) is 47.7 Å². The van der Waals surface area contributed by atoms with E-state index in [1.807, 2.05) is 0 Å². The molecule has 67 heavy (non-hydrogen) atoms. The minimum absolute atomic E-state index is 0.0856. The number of aliphatic hydroxyl groups is 1. The Balaban J connectivity index is 0.000000199. The molecule has 0 radical (unpaired) electrons. The van der Waals surface area contributed by atoms with Gasteiger partial charge in [0.25, 0.3) is 0 Å². The van der Waals surface area contributed by atoms with Gasteiger partial charge < -0.3 is 50.1 Å². The second kappa shape index (κ2) is 22.3. The summed E-state index contributed by atoms with van der Waals surface area (Å²) in [5.41, 5.74) is 3.02. The van der Waals surface area contributed by atoms with Crippen LogP contribution in [0.3, 0.4) is 0 Å². The van der Waals surface area contributed by atoms with Crippen LogP contribution in [0.25, 0.3) is 22.1 Å². The van der Waals surface area contributed by atoms with Crippen molar-refractivity contribution in [3.63, 3.8) is 0 Å². The lowest BCUT2D eigenvalue weighted by Gasteiger charge is -2.11. The average Bonchev–Trinajstić information content (AvgIpc) is 3.28. The number of halogens is 4. The molecule has 4 amide bonds. The summed E-state index contributed by atoms with van der Waals surface area (Å²) in [6.07, 6.45) is 2.95. The minimum Gasteiger partial charge on any atom is -0.474 e. The Morgan fingerprint density at radius 2 is 0.940 bits per heavy atom. The Morgan fingerprint density at radius 1 is 0.493 bits per heavy atom. The van der Waals surface area contributed by atoms with Gasteiger partial charge in [0.1, 0.15) is 59.5 Å². The van der Waals surface area contributed by atoms with Crippen LogP contribution < -0.4 is 40.2 Å². The molecule has 6 aromatic carbocycles. The number of carbonyl (C=O) groups is 2. The molecule has 0 aliphatic carbocycles. The molecule has 0 spiro atoms. The standard InChI is InChI=1S/C24H20F2N4O4.C23H18F2N4O4/c1-32-7-8-33-23-14-27-21-6-5-19(13-22(21)30-23)34-20-11-16(26)10-18(12-20)29-24(31)28-17-4-2-3-15(25)9-17;24-14-2-1-3-16(8-14)27-23(31)28-17-9-15(25)10-19(11-17)33-18-4-5-20-21(12-18)29-22(13-26-20)32-7-6-30/h2-6,9-14H,7-8H2,1H3,(H2,28,29,31);1-5,8-13,30H,6-7H2,(H2,27,28,31). The lowest BCUT2D eigenvalue weighted by Crippen LogP contribution is -2.19. The van der Waals surface area contributed by atoms with E-state index in [4.69, 9.17) is 28.8 Å². The predicted molar refractivity (Wildman–Crippen MR) is 240 cm³/mol. The number of benzene rings is 6. The third-order valence-electron chi connectivity index (χ3n) is 8.76. The van der Waals surface area contributed by atoms with Crippen LogP contribution in [0.4, 0.5) is 49.9 Å². The summed E-state index contributed by atoms with van der Waals surface area (Å²) < 4.78 is 82.0. The SMILES string of the molecule is COCCOc1cnc2ccc(Oc3cc(F)cc(NC(=O)Nc4cccc(F)c4)c3)cc2n1.O=C(Nc1cccc(F)c1)Nc1cc(F)cc(Oc2ccc3ncc(OCCO)nc3c2)c1. The second-order valence-corrected chi connectivity index (χ2v) is 13.9. The van der Waals surface area contributed by atoms with Crippen molar-refractivity contribution < 1.29 is 55.9 Å². The molecule has 20 heteroatoms. The van der Waals surface area contributed by atoms with E-state index in [0.717, 1.165) is 30.3 Å². The van der Waals surface area contributed by atoms with Crippen LogP contribution in [-0.2, 0) is 4.74 Å². The van der Waals surface area contributed by atoms with E-state index in [0.29, 0.717) is 52.7 Å². The van der Waals surface area contributed by atoms with E-state index >= 15 is 0 Å². The summed E-state index contributed by atoms with van der Waals surface area (Å²) in [7, 11) is 1.57. The highest BCUT2D eigenvalue weighted by Crippen LogP contribution is 2.30. The van der Waals surface area contributed by atoms with Crippen molar-refractivity contribution >= 4 is 56.9 Å². The molecule has 0 bridgehead atoms. The van der Waals surface area contributed by atoms with Gasteiger partial charge in [-0.3, -0.25) is 0 Å². The first-order valence-corrected chi connectivity index (χ1v) is 20.0. The molecule has 2 aromatic heterocycles. The number of nitrogens with one attached hydrogen (secondary N) is 4. The zero-order valence-corrected chi connectivity index (χ0v) is 35.1. The molecular weight excluding hydrogens is 881 g/mol. The van der Waals surface area contributed by atoms with Gasteiger partial charge in [-0.25, -0.2) is 47.1 Å². The quantitative estimate of drug-likeness (QED) is 0.0482. The number of urea groups is 2. The topological polar surface area (TPSA) is 200 Å². The van der Waals surface area contributed by atoms with Crippen LogP contribution in [0.15, 0.2) is 134 Å². The summed E-state index contributed by atoms with van der Waals surface area (Å²) in [6, 6.07) is 26.9. The number of methoxy groups -OCH3 is 1. The highest BCUT2D eigenvalue weighted by Gasteiger charge is 2.12. The van der Waals surface area contributed by atoms with Crippen molar-refractivity contribution in [2.24, 2.45) is 0 Å².